The Bertz CT molecular complexity index is 646. The van der Waals surface area contributed by atoms with Crippen LogP contribution >= 0.6 is 0 Å². The zero-order chi connectivity index (χ0) is 13.4. The van der Waals surface area contributed by atoms with Crippen LogP contribution in [0, 0.1) is 12.8 Å². The third kappa shape index (κ3) is 2.30. The average Bonchev–Trinajstić information content (AvgIpc) is 2.77. The standard InChI is InChI=1S/C15H15NO3/c1-9-16-13-7-4-11(8-14(13)19-9)15(18)10-2-5-12(17)6-3-10/h4,7-8,10H,2-3,5-6H2,1H3. The fourth-order valence-corrected chi connectivity index (χ4v) is 2.63. The van der Waals surface area contributed by atoms with Gasteiger partial charge in [-0.25, -0.2) is 4.98 Å². The first-order valence-corrected chi connectivity index (χ1v) is 6.56. The molecule has 0 amide bonds. The van der Waals surface area contributed by atoms with Crippen molar-refractivity contribution in [1.82, 2.24) is 4.98 Å². The zero-order valence-electron chi connectivity index (χ0n) is 10.8. The largest absolute Gasteiger partial charge is 0.441 e. The van der Waals surface area contributed by atoms with Crippen LogP contribution in [-0.2, 0) is 4.79 Å². The molecule has 19 heavy (non-hydrogen) atoms. The van der Waals surface area contributed by atoms with Crippen molar-refractivity contribution in [3.05, 3.63) is 29.7 Å². The molecule has 2 aromatic rings. The summed E-state index contributed by atoms with van der Waals surface area (Å²) < 4.78 is 5.45. The molecule has 1 aliphatic carbocycles. The maximum absolute atomic E-state index is 12.4. The number of oxazole rings is 1. The Morgan fingerprint density at radius 1 is 1.32 bits per heavy atom. The first-order valence-electron chi connectivity index (χ1n) is 6.56. The Balaban J connectivity index is 1.86. The van der Waals surface area contributed by atoms with Gasteiger partial charge in [0.15, 0.2) is 17.3 Å². The highest BCUT2D eigenvalue weighted by molar-refractivity contribution is 6.01. The molecule has 0 aliphatic heterocycles. The van der Waals surface area contributed by atoms with Crippen molar-refractivity contribution < 1.29 is 14.0 Å². The van der Waals surface area contributed by atoms with Crippen LogP contribution < -0.4 is 0 Å². The first kappa shape index (κ1) is 12.1. The molecular weight excluding hydrogens is 242 g/mol. The van der Waals surface area contributed by atoms with Gasteiger partial charge in [-0.3, -0.25) is 9.59 Å². The van der Waals surface area contributed by atoms with E-state index in [2.05, 4.69) is 4.98 Å². The number of fused-ring (bicyclic) bond motifs is 1. The van der Waals surface area contributed by atoms with Gasteiger partial charge in [-0.15, -0.1) is 0 Å². The number of rotatable bonds is 2. The fourth-order valence-electron chi connectivity index (χ4n) is 2.63. The van der Waals surface area contributed by atoms with Gasteiger partial charge in [-0.2, -0.15) is 0 Å². The van der Waals surface area contributed by atoms with Crippen molar-refractivity contribution in [2.45, 2.75) is 32.6 Å². The second-order valence-electron chi connectivity index (χ2n) is 5.09. The van der Waals surface area contributed by atoms with Crippen LogP contribution in [0.2, 0.25) is 0 Å². The number of Topliss-reactive ketones (excluding diaryl/α,β-unsaturated/α-hetero) is 2. The molecule has 4 nitrogen and oxygen atoms in total. The van der Waals surface area contributed by atoms with E-state index in [9.17, 15) is 9.59 Å². The smallest absolute Gasteiger partial charge is 0.192 e. The Morgan fingerprint density at radius 2 is 2.05 bits per heavy atom. The molecular formula is C15H15NO3. The quantitative estimate of drug-likeness (QED) is 0.776. The van der Waals surface area contributed by atoms with E-state index in [1.807, 2.05) is 6.07 Å². The maximum atomic E-state index is 12.4. The molecule has 0 atom stereocenters. The molecule has 1 aromatic carbocycles. The van der Waals surface area contributed by atoms with E-state index in [0.29, 0.717) is 42.7 Å². The molecule has 1 aliphatic rings. The van der Waals surface area contributed by atoms with Crippen molar-refractivity contribution in [3.8, 4) is 0 Å². The number of benzene rings is 1. The fraction of sp³-hybridized carbons (Fsp3) is 0.400. The number of aryl methyl sites for hydroxylation is 1. The highest BCUT2D eigenvalue weighted by Gasteiger charge is 2.26. The third-order valence-electron chi connectivity index (χ3n) is 3.69. The Morgan fingerprint density at radius 3 is 2.79 bits per heavy atom. The van der Waals surface area contributed by atoms with Crippen molar-refractivity contribution in [2.24, 2.45) is 5.92 Å². The minimum atomic E-state index is -0.0285. The van der Waals surface area contributed by atoms with E-state index < -0.39 is 0 Å². The predicted molar refractivity (Wildman–Crippen MR) is 70.0 cm³/mol. The monoisotopic (exact) mass is 257 g/mol. The highest BCUT2D eigenvalue weighted by Crippen LogP contribution is 2.26. The second kappa shape index (κ2) is 4.61. The van der Waals surface area contributed by atoms with E-state index >= 15 is 0 Å². The van der Waals surface area contributed by atoms with Crippen LogP contribution in [0.15, 0.2) is 22.6 Å². The summed E-state index contributed by atoms with van der Waals surface area (Å²) in [6, 6.07) is 5.37. The molecule has 4 heteroatoms. The molecule has 3 rings (SSSR count). The van der Waals surface area contributed by atoms with E-state index in [1.54, 1.807) is 19.1 Å². The minimum absolute atomic E-state index is 0.0285. The van der Waals surface area contributed by atoms with Crippen LogP contribution in [0.4, 0.5) is 0 Å². The molecule has 0 spiro atoms. The third-order valence-corrected chi connectivity index (χ3v) is 3.69. The second-order valence-corrected chi connectivity index (χ2v) is 5.09. The highest BCUT2D eigenvalue weighted by atomic mass is 16.3. The topological polar surface area (TPSA) is 60.2 Å². The van der Waals surface area contributed by atoms with Gasteiger partial charge in [0.25, 0.3) is 0 Å². The van der Waals surface area contributed by atoms with Crippen molar-refractivity contribution in [1.29, 1.82) is 0 Å². The normalized spacial score (nSPS) is 17.0. The van der Waals surface area contributed by atoms with Crippen LogP contribution in [0.25, 0.3) is 11.1 Å². The lowest BCUT2D eigenvalue weighted by molar-refractivity contribution is -0.120. The van der Waals surface area contributed by atoms with Crippen molar-refractivity contribution in [3.63, 3.8) is 0 Å². The molecule has 0 saturated heterocycles. The summed E-state index contributed by atoms with van der Waals surface area (Å²) in [6.07, 6.45) is 2.40. The van der Waals surface area contributed by atoms with Crippen molar-refractivity contribution >= 4 is 22.7 Å². The van der Waals surface area contributed by atoms with Gasteiger partial charge in [0.1, 0.15) is 11.3 Å². The summed E-state index contributed by atoms with van der Waals surface area (Å²) in [7, 11) is 0. The molecule has 98 valence electrons. The van der Waals surface area contributed by atoms with Crippen LogP contribution in [0.3, 0.4) is 0 Å². The summed E-state index contributed by atoms with van der Waals surface area (Å²) in [5.41, 5.74) is 2.08. The summed E-state index contributed by atoms with van der Waals surface area (Å²) in [6.45, 7) is 1.79. The van der Waals surface area contributed by atoms with Gasteiger partial charge >= 0.3 is 0 Å². The van der Waals surface area contributed by atoms with Crippen molar-refractivity contribution in [2.75, 3.05) is 0 Å². The number of carbonyl (C=O) groups excluding carboxylic acids is 2. The summed E-state index contributed by atoms with van der Waals surface area (Å²) in [5.74, 6) is 0.954. The molecule has 0 N–H and O–H groups in total. The zero-order valence-corrected chi connectivity index (χ0v) is 10.8. The number of hydrogen-bond donors (Lipinski definition) is 0. The van der Waals surface area contributed by atoms with E-state index in [0.717, 1.165) is 5.52 Å². The molecule has 0 unspecified atom stereocenters. The first-order chi connectivity index (χ1) is 9.13. The molecule has 1 aromatic heterocycles. The predicted octanol–water partition coefficient (Wildman–Crippen LogP) is 3.08. The van der Waals surface area contributed by atoms with Gasteiger partial charge in [0.05, 0.1) is 0 Å². The SMILES string of the molecule is Cc1nc2ccc(C(=O)C3CCC(=O)CC3)cc2o1. The lowest BCUT2D eigenvalue weighted by atomic mass is 9.83. The Hall–Kier alpha value is -1.97. The van der Waals surface area contributed by atoms with E-state index in [-0.39, 0.29) is 17.5 Å². The maximum Gasteiger partial charge on any atom is 0.192 e. The Kier molecular flexibility index (Phi) is 2.93. The number of hydrogen-bond acceptors (Lipinski definition) is 4. The van der Waals surface area contributed by atoms with Crippen LogP contribution in [-0.4, -0.2) is 16.6 Å². The van der Waals surface area contributed by atoms with Gasteiger partial charge in [-0.05, 0) is 31.0 Å². The number of aromatic nitrogens is 1. The lowest BCUT2D eigenvalue weighted by Crippen LogP contribution is -2.21. The average molecular weight is 257 g/mol. The molecule has 1 fully saturated rings. The van der Waals surface area contributed by atoms with Gasteiger partial charge in [0.2, 0.25) is 0 Å². The molecule has 0 bridgehead atoms. The van der Waals surface area contributed by atoms with E-state index in [1.165, 1.54) is 0 Å². The number of nitrogens with zero attached hydrogens (tertiary/aromatic N) is 1. The van der Waals surface area contributed by atoms with Gasteiger partial charge in [-0.1, -0.05) is 0 Å². The van der Waals surface area contributed by atoms with Crippen LogP contribution in [0.1, 0.15) is 41.9 Å². The lowest BCUT2D eigenvalue weighted by Gasteiger charge is -2.19. The minimum Gasteiger partial charge on any atom is -0.441 e. The number of ketones is 2. The summed E-state index contributed by atoms with van der Waals surface area (Å²) in [4.78, 5) is 27.8. The Labute approximate surface area is 110 Å². The molecule has 1 heterocycles. The molecule has 1 saturated carbocycles. The molecule has 0 radical (unpaired) electrons. The number of carbonyl (C=O) groups is 2. The van der Waals surface area contributed by atoms with Gasteiger partial charge in [0, 0.05) is 31.2 Å². The van der Waals surface area contributed by atoms with E-state index in [4.69, 9.17) is 4.42 Å². The van der Waals surface area contributed by atoms with Gasteiger partial charge < -0.3 is 4.42 Å². The van der Waals surface area contributed by atoms with Crippen LogP contribution in [0.5, 0.6) is 0 Å². The summed E-state index contributed by atoms with van der Waals surface area (Å²) in [5, 5.41) is 0. The summed E-state index contributed by atoms with van der Waals surface area (Å²) >= 11 is 0.